The summed E-state index contributed by atoms with van der Waals surface area (Å²) in [6.07, 6.45) is 35.8. The first-order valence-corrected chi connectivity index (χ1v) is 18.8. The van der Waals surface area contributed by atoms with Crippen LogP contribution in [0, 0.1) is 94.7 Å². The average Bonchev–Trinajstić information content (AvgIpc) is 3.36. The van der Waals surface area contributed by atoms with Crippen LogP contribution in [0.3, 0.4) is 0 Å². The van der Waals surface area contributed by atoms with Gasteiger partial charge < -0.3 is 0 Å². The van der Waals surface area contributed by atoms with Crippen LogP contribution >= 0.6 is 0 Å². The lowest BCUT2D eigenvalue weighted by molar-refractivity contribution is -0.129. The standard InChI is InChI=1S/C38H60/c1-2-5-23(6-3-1)31-17-13-26-15-19-32-27(10-9-25-16-20-34(31)37(26)36(25)32)21-28-11-12-30-22-29-8-4-7-24-14-18-33(28)38(30)35(24)29/h23-38H,1-22H2. The van der Waals surface area contributed by atoms with E-state index in [-0.39, 0.29) is 0 Å². The van der Waals surface area contributed by atoms with Crippen LogP contribution in [-0.2, 0) is 0 Å². The molecule has 0 spiro atoms. The van der Waals surface area contributed by atoms with Gasteiger partial charge in [0.1, 0.15) is 0 Å². The second-order valence-corrected chi connectivity index (χ2v) is 17.5. The molecular weight excluding hydrogens is 456 g/mol. The molecule has 0 aliphatic heterocycles. The molecule has 15 unspecified atom stereocenters. The highest BCUT2D eigenvalue weighted by molar-refractivity contribution is 5.08. The van der Waals surface area contributed by atoms with E-state index in [4.69, 9.17) is 0 Å². The van der Waals surface area contributed by atoms with E-state index in [1.54, 1.807) is 141 Å². The monoisotopic (exact) mass is 516 g/mol. The minimum Gasteiger partial charge on any atom is -0.0533 e. The van der Waals surface area contributed by atoms with Crippen molar-refractivity contribution in [2.45, 2.75) is 141 Å². The van der Waals surface area contributed by atoms with Crippen molar-refractivity contribution >= 4 is 0 Å². The summed E-state index contributed by atoms with van der Waals surface area (Å²) < 4.78 is 0. The first kappa shape index (κ1) is 24.6. The molecule has 0 heterocycles. The average molecular weight is 517 g/mol. The van der Waals surface area contributed by atoms with Gasteiger partial charge in [0.2, 0.25) is 0 Å². The van der Waals surface area contributed by atoms with E-state index < -0.39 is 0 Å². The Labute approximate surface area is 235 Å². The Bertz CT molecular complexity index is 852. The number of hydrogen-bond donors (Lipinski definition) is 0. The Morgan fingerprint density at radius 2 is 0.763 bits per heavy atom. The highest BCUT2D eigenvalue weighted by Crippen LogP contribution is 2.67. The van der Waals surface area contributed by atoms with Gasteiger partial charge in [-0.1, -0.05) is 51.4 Å². The van der Waals surface area contributed by atoms with Gasteiger partial charge in [-0.05, 0) is 185 Å². The molecule has 0 nitrogen and oxygen atoms in total. The molecule has 0 radical (unpaired) electrons. The fourth-order valence-electron chi connectivity index (χ4n) is 15.8. The summed E-state index contributed by atoms with van der Waals surface area (Å²) in [6.45, 7) is 0. The third-order valence-corrected chi connectivity index (χ3v) is 16.8. The molecule has 0 heteroatoms. The summed E-state index contributed by atoms with van der Waals surface area (Å²) in [5, 5.41) is 0. The first-order chi connectivity index (χ1) is 18.8. The van der Waals surface area contributed by atoms with Crippen molar-refractivity contribution in [1.29, 1.82) is 0 Å². The molecule has 0 amide bonds. The predicted molar refractivity (Wildman–Crippen MR) is 157 cm³/mol. The van der Waals surface area contributed by atoms with Crippen LogP contribution in [-0.4, -0.2) is 0 Å². The zero-order valence-corrected chi connectivity index (χ0v) is 24.8. The van der Waals surface area contributed by atoms with Crippen molar-refractivity contribution in [3.8, 4) is 0 Å². The van der Waals surface area contributed by atoms with Crippen molar-refractivity contribution in [2.24, 2.45) is 94.7 Å². The van der Waals surface area contributed by atoms with Crippen LogP contribution in [0.15, 0.2) is 0 Å². The lowest BCUT2D eigenvalue weighted by Crippen LogP contribution is -2.54. The molecule has 0 bridgehead atoms. The quantitative estimate of drug-likeness (QED) is 0.350. The smallest absolute Gasteiger partial charge is 0.0321 e. The van der Waals surface area contributed by atoms with Gasteiger partial charge in [-0.3, -0.25) is 0 Å². The zero-order chi connectivity index (χ0) is 24.8. The molecular formula is C38H60. The van der Waals surface area contributed by atoms with Gasteiger partial charge in [-0.15, -0.1) is 0 Å². The molecule has 15 atom stereocenters. The topological polar surface area (TPSA) is 0 Å². The van der Waals surface area contributed by atoms with Crippen molar-refractivity contribution < 1.29 is 0 Å². The Morgan fingerprint density at radius 1 is 0.289 bits per heavy atom. The van der Waals surface area contributed by atoms with Crippen molar-refractivity contribution in [3.63, 3.8) is 0 Å². The zero-order valence-electron chi connectivity index (χ0n) is 24.8. The second kappa shape index (κ2) is 9.79. The van der Waals surface area contributed by atoms with E-state index in [1.165, 1.54) is 29.6 Å². The maximum absolute atomic E-state index is 1.69. The van der Waals surface area contributed by atoms with Crippen LogP contribution in [0.4, 0.5) is 0 Å². The molecule has 212 valence electrons. The third-order valence-electron chi connectivity index (χ3n) is 16.8. The minimum absolute atomic E-state index is 1.13. The molecule has 0 aromatic carbocycles. The molecule has 9 aliphatic carbocycles. The van der Waals surface area contributed by atoms with Crippen molar-refractivity contribution in [2.75, 3.05) is 0 Å². The fraction of sp³-hybridized carbons (Fsp3) is 1.00. The second-order valence-electron chi connectivity index (χ2n) is 17.5. The first-order valence-electron chi connectivity index (χ1n) is 18.8. The summed E-state index contributed by atoms with van der Waals surface area (Å²) in [7, 11) is 0. The molecule has 9 aliphatic rings. The molecule has 9 fully saturated rings. The van der Waals surface area contributed by atoms with Gasteiger partial charge in [0.15, 0.2) is 0 Å². The van der Waals surface area contributed by atoms with E-state index in [0.717, 1.165) is 65.1 Å². The number of rotatable bonds is 3. The molecule has 0 saturated heterocycles. The lowest BCUT2D eigenvalue weighted by Gasteiger charge is -2.62. The maximum Gasteiger partial charge on any atom is -0.0321 e. The molecule has 0 aromatic rings. The Morgan fingerprint density at radius 3 is 1.50 bits per heavy atom. The van der Waals surface area contributed by atoms with Crippen molar-refractivity contribution in [3.05, 3.63) is 0 Å². The summed E-state index contributed by atoms with van der Waals surface area (Å²) in [5.74, 6) is 18.6. The predicted octanol–water partition coefficient (Wildman–Crippen LogP) is 10.6. The van der Waals surface area contributed by atoms with Gasteiger partial charge in [0, 0.05) is 0 Å². The van der Waals surface area contributed by atoms with E-state index in [9.17, 15) is 0 Å². The molecule has 0 N–H and O–H groups in total. The summed E-state index contributed by atoms with van der Waals surface area (Å²) >= 11 is 0. The van der Waals surface area contributed by atoms with Crippen LogP contribution in [0.5, 0.6) is 0 Å². The molecule has 38 heavy (non-hydrogen) atoms. The largest absolute Gasteiger partial charge is 0.0533 e. The van der Waals surface area contributed by atoms with Crippen LogP contribution in [0.25, 0.3) is 0 Å². The van der Waals surface area contributed by atoms with Gasteiger partial charge in [0.05, 0.1) is 0 Å². The highest BCUT2D eigenvalue weighted by Gasteiger charge is 2.58. The molecule has 0 aromatic heterocycles. The minimum atomic E-state index is 1.13. The van der Waals surface area contributed by atoms with Crippen LogP contribution < -0.4 is 0 Å². The molecule has 9 saturated carbocycles. The van der Waals surface area contributed by atoms with Crippen LogP contribution in [0.2, 0.25) is 0 Å². The van der Waals surface area contributed by atoms with Gasteiger partial charge >= 0.3 is 0 Å². The summed E-state index contributed by atoms with van der Waals surface area (Å²) in [4.78, 5) is 0. The Hall–Kier alpha value is 0. The summed E-state index contributed by atoms with van der Waals surface area (Å²) in [6, 6.07) is 0. The fourth-order valence-corrected chi connectivity index (χ4v) is 15.8. The van der Waals surface area contributed by atoms with Gasteiger partial charge in [0.25, 0.3) is 0 Å². The van der Waals surface area contributed by atoms with E-state index >= 15 is 0 Å². The SMILES string of the molecule is C1CCC(C2CCC3CCC4C(CC5CCC6CC7CCCC8CCC5C6C87)CCC5CCC2C3C54)CC1. The Balaban J connectivity index is 0.943. The normalized spacial score (nSPS) is 57.6. The van der Waals surface area contributed by atoms with E-state index in [2.05, 4.69) is 0 Å². The Kier molecular flexibility index (Phi) is 6.33. The third kappa shape index (κ3) is 3.78. The van der Waals surface area contributed by atoms with E-state index in [1.807, 2.05) is 0 Å². The highest BCUT2D eigenvalue weighted by atomic mass is 14.6. The van der Waals surface area contributed by atoms with Gasteiger partial charge in [-0.25, -0.2) is 0 Å². The van der Waals surface area contributed by atoms with E-state index in [0.29, 0.717) is 0 Å². The molecule has 9 rings (SSSR count). The lowest BCUT2D eigenvalue weighted by atomic mass is 9.43. The van der Waals surface area contributed by atoms with Gasteiger partial charge in [-0.2, -0.15) is 0 Å². The summed E-state index contributed by atoms with van der Waals surface area (Å²) in [5.41, 5.74) is 0. The number of hydrogen-bond acceptors (Lipinski definition) is 0. The maximum atomic E-state index is 1.69. The van der Waals surface area contributed by atoms with Crippen molar-refractivity contribution in [1.82, 2.24) is 0 Å². The van der Waals surface area contributed by atoms with Crippen LogP contribution in [0.1, 0.15) is 141 Å².